The number of nitrogens with zero attached hydrogens (tertiary/aromatic N) is 5. The van der Waals surface area contributed by atoms with Crippen molar-refractivity contribution >= 4 is 23.4 Å². The van der Waals surface area contributed by atoms with Crippen LogP contribution in [-0.4, -0.2) is 75.3 Å². The average Bonchev–Trinajstić information content (AvgIpc) is 3.38. The lowest BCUT2D eigenvalue weighted by molar-refractivity contribution is -0.133. The molecule has 0 unspecified atom stereocenters. The number of piperazine rings is 1. The number of hydrogen-bond donors (Lipinski definition) is 1. The highest BCUT2D eigenvalue weighted by Gasteiger charge is 2.48. The minimum absolute atomic E-state index is 0.128. The molecule has 0 spiro atoms. The van der Waals surface area contributed by atoms with E-state index in [0.717, 1.165) is 11.3 Å². The highest BCUT2D eigenvalue weighted by Crippen LogP contribution is 2.30. The summed E-state index contributed by atoms with van der Waals surface area (Å²) in [4.78, 5) is 50.7. The van der Waals surface area contributed by atoms with Crippen LogP contribution in [0.2, 0.25) is 0 Å². The number of nitrogens with one attached hydrogen (secondary N) is 1. The van der Waals surface area contributed by atoms with E-state index in [9.17, 15) is 18.8 Å². The number of amides is 3. The van der Waals surface area contributed by atoms with Crippen LogP contribution in [0.5, 0.6) is 0 Å². The number of carbonyl (C=O) groups excluding carboxylic acids is 3. The van der Waals surface area contributed by atoms with Crippen LogP contribution in [0.25, 0.3) is 0 Å². The Morgan fingerprint density at radius 1 is 1.03 bits per heavy atom. The maximum Gasteiger partial charge on any atom is 0.275 e. The fraction of sp³-hybridized carbons (Fsp3) is 0.379. The molecule has 10 heteroatoms. The Morgan fingerprint density at radius 3 is 2.38 bits per heavy atom. The van der Waals surface area contributed by atoms with Gasteiger partial charge in [0.1, 0.15) is 17.1 Å². The zero-order valence-corrected chi connectivity index (χ0v) is 22.3. The molecule has 0 aliphatic carbocycles. The maximum absolute atomic E-state index is 13.8. The Hall–Kier alpha value is -4.21. The molecule has 0 radical (unpaired) electrons. The summed E-state index contributed by atoms with van der Waals surface area (Å²) in [5.41, 5.74) is 1.04. The molecule has 2 aliphatic rings. The standard InChI is InChI=1S/C29H33FN6O3/c1-3-13-36-27(38)25-24(26(37)34-16-14-33(15-17-34)23-7-5-4-6-8-23)32-20-35(25)19-29(36,2)28(39)31-18-21-9-11-22(30)12-10-21/h4-12,20H,3,13-19H2,1-2H3,(H,31,39)/t29-/m0/s1. The predicted octanol–water partition coefficient (Wildman–Crippen LogP) is 2.93. The van der Waals surface area contributed by atoms with Gasteiger partial charge in [0.25, 0.3) is 11.8 Å². The Bertz CT molecular complexity index is 1350. The summed E-state index contributed by atoms with van der Waals surface area (Å²) in [6.07, 6.45) is 2.13. The summed E-state index contributed by atoms with van der Waals surface area (Å²) in [7, 11) is 0. The monoisotopic (exact) mass is 532 g/mol. The van der Waals surface area contributed by atoms with E-state index in [2.05, 4.69) is 27.3 Å². The van der Waals surface area contributed by atoms with Crippen molar-refractivity contribution in [3.05, 3.63) is 83.7 Å². The van der Waals surface area contributed by atoms with Crippen LogP contribution >= 0.6 is 0 Å². The Morgan fingerprint density at radius 2 is 1.72 bits per heavy atom. The number of anilines is 1. The van der Waals surface area contributed by atoms with Crippen molar-refractivity contribution in [3.8, 4) is 0 Å². The van der Waals surface area contributed by atoms with Gasteiger partial charge in [-0.15, -0.1) is 0 Å². The summed E-state index contributed by atoms with van der Waals surface area (Å²) in [6, 6.07) is 16.0. The van der Waals surface area contributed by atoms with Crippen LogP contribution in [-0.2, 0) is 17.9 Å². The van der Waals surface area contributed by atoms with Crippen molar-refractivity contribution in [2.45, 2.75) is 38.9 Å². The van der Waals surface area contributed by atoms with Crippen molar-refractivity contribution in [2.75, 3.05) is 37.6 Å². The summed E-state index contributed by atoms with van der Waals surface area (Å²) in [6.45, 7) is 6.83. The van der Waals surface area contributed by atoms with Crippen LogP contribution in [0.15, 0.2) is 60.9 Å². The average molecular weight is 533 g/mol. The second-order valence-electron chi connectivity index (χ2n) is 10.2. The summed E-state index contributed by atoms with van der Waals surface area (Å²) in [5.74, 6) is -1.32. The van der Waals surface area contributed by atoms with Gasteiger partial charge in [0.2, 0.25) is 5.91 Å². The molecule has 204 valence electrons. The van der Waals surface area contributed by atoms with Crippen molar-refractivity contribution in [1.29, 1.82) is 0 Å². The quantitative estimate of drug-likeness (QED) is 0.506. The van der Waals surface area contributed by atoms with Gasteiger partial charge in [-0.2, -0.15) is 0 Å². The molecular formula is C29H33FN6O3. The lowest BCUT2D eigenvalue weighted by Gasteiger charge is -2.44. The molecule has 1 atom stereocenters. The number of halogens is 1. The lowest BCUT2D eigenvalue weighted by atomic mass is 9.93. The first-order valence-electron chi connectivity index (χ1n) is 13.3. The first-order chi connectivity index (χ1) is 18.8. The highest BCUT2D eigenvalue weighted by atomic mass is 19.1. The number of aromatic nitrogens is 2. The summed E-state index contributed by atoms with van der Waals surface area (Å²) in [5, 5.41) is 2.90. The molecule has 3 amide bonds. The first-order valence-corrected chi connectivity index (χ1v) is 13.3. The van der Waals surface area contributed by atoms with Crippen LogP contribution in [0.4, 0.5) is 10.1 Å². The minimum atomic E-state index is -1.18. The molecule has 39 heavy (non-hydrogen) atoms. The molecule has 9 nitrogen and oxygen atoms in total. The van der Waals surface area contributed by atoms with E-state index in [0.29, 0.717) is 39.1 Å². The van der Waals surface area contributed by atoms with Crippen LogP contribution in [0, 0.1) is 5.82 Å². The molecule has 1 saturated heterocycles. The van der Waals surface area contributed by atoms with E-state index in [1.165, 1.54) is 18.5 Å². The van der Waals surface area contributed by atoms with Gasteiger partial charge in [0.15, 0.2) is 5.69 Å². The van der Waals surface area contributed by atoms with Gasteiger partial charge in [-0.3, -0.25) is 14.4 Å². The van der Waals surface area contributed by atoms with Gasteiger partial charge in [-0.05, 0) is 43.2 Å². The normalized spacial score (nSPS) is 19.2. The van der Waals surface area contributed by atoms with E-state index in [1.807, 2.05) is 25.1 Å². The third-order valence-electron chi connectivity index (χ3n) is 7.55. The van der Waals surface area contributed by atoms with Crippen molar-refractivity contribution < 1.29 is 18.8 Å². The van der Waals surface area contributed by atoms with Gasteiger partial charge in [-0.1, -0.05) is 37.3 Å². The molecule has 1 N–H and O–H groups in total. The second kappa shape index (κ2) is 10.9. The van der Waals surface area contributed by atoms with Crippen molar-refractivity contribution in [1.82, 2.24) is 24.7 Å². The number of carbonyl (C=O) groups is 3. The second-order valence-corrected chi connectivity index (χ2v) is 10.2. The van der Waals surface area contributed by atoms with E-state index in [4.69, 9.17) is 0 Å². The van der Waals surface area contributed by atoms with Gasteiger partial charge >= 0.3 is 0 Å². The van der Waals surface area contributed by atoms with Crippen LogP contribution in [0.1, 0.15) is 46.8 Å². The molecule has 2 aliphatic heterocycles. The van der Waals surface area contributed by atoms with Gasteiger partial charge < -0.3 is 24.6 Å². The smallest absolute Gasteiger partial charge is 0.275 e. The van der Waals surface area contributed by atoms with Crippen molar-refractivity contribution in [2.24, 2.45) is 0 Å². The zero-order chi connectivity index (χ0) is 27.6. The molecule has 3 aromatic rings. The molecule has 2 aromatic carbocycles. The predicted molar refractivity (Wildman–Crippen MR) is 145 cm³/mol. The number of rotatable bonds is 7. The number of imidazole rings is 1. The summed E-state index contributed by atoms with van der Waals surface area (Å²) < 4.78 is 14.9. The van der Waals surface area contributed by atoms with E-state index in [1.54, 1.807) is 33.4 Å². The summed E-state index contributed by atoms with van der Waals surface area (Å²) >= 11 is 0. The molecule has 1 aromatic heterocycles. The van der Waals surface area contributed by atoms with Crippen molar-refractivity contribution in [3.63, 3.8) is 0 Å². The van der Waals surface area contributed by atoms with Gasteiger partial charge in [-0.25, -0.2) is 9.37 Å². The largest absolute Gasteiger partial charge is 0.368 e. The minimum Gasteiger partial charge on any atom is -0.368 e. The molecule has 5 rings (SSSR count). The topological polar surface area (TPSA) is 90.8 Å². The fourth-order valence-corrected chi connectivity index (χ4v) is 5.35. The van der Waals surface area contributed by atoms with E-state index in [-0.39, 0.29) is 48.0 Å². The first kappa shape index (κ1) is 26.4. The fourth-order valence-electron chi connectivity index (χ4n) is 5.35. The maximum atomic E-state index is 13.8. The SMILES string of the molecule is CCCN1C(=O)c2c(C(=O)N3CCN(c4ccccc4)CC3)ncn2C[C@@]1(C)C(=O)NCc1ccc(F)cc1. The highest BCUT2D eigenvalue weighted by molar-refractivity contribution is 6.07. The van der Waals surface area contributed by atoms with Gasteiger partial charge in [0, 0.05) is 45.0 Å². The Balaban J connectivity index is 1.32. The lowest BCUT2D eigenvalue weighted by Crippen LogP contribution is -2.64. The molecule has 1 fully saturated rings. The molecule has 3 heterocycles. The van der Waals surface area contributed by atoms with Crippen LogP contribution < -0.4 is 10.2 Å². The van der Waals surface area contributed by atoms with E-state index < -0.39 is 5.54 Å². The molecule has 0 bridgehead atoms. The van der Waals surface area contributed by atoms with E-state index >= 15 is 0 Å². The third kappa shape index (κ3) is 5.10. The number of hydrogen-bond acceptors (Lipinski definition) is 5. The van der Waals surface area contributed by atoms with Gasteiger partial charge in [0.05, 0.1) is 12.9 Å². The molecular weight excluding hydrogens is 499 g/mol. The number of fused-ring (bicyclic) bond motifs is 1. The Labute approximate surface area is 227 Å². The Kier molecular flexibility index (Phi) is 7.36. The third-order valence-corrected chi connectivity index (χ3v) is 7.55. The zero-order valence-electron chi connectivity index (χ0n) is 22.3. The number of para-hydroxylation sites is 1. The number of benzene rings is 2. The molecule has 0 saturated carbocycles. The van der Waals surface area contributed by atoms with Crippen LogP contribution in [0.3, 0.4) is 0 Å².